The Morgan fingerprint density at radius 3 is 2.84 bits per heavy atom. The number of nitrogens with zero attached hydrogens (tertiary/aromatic N) is 4. The van der Waals surface area contributed by atoms with Gasteiger partial charge in [0.2, 0.25) is 0 Å². The number of rotatable bonds is 1. The van der Waals surface area contributed by atoms with Crippen LogP contribution in [0.15, 0.2) is 48.9 Å². The molecule has 2 spiro atoms. The summed E-state index contributed by atoms with van der Waals surface area (Å²) in [4.78, 5) is 31.8. The number of piperidine rings is 1. The molecule has 6 rings (SSSR count). The van der Waals surface area contributed by atoms with Gasteiger partial charge in [-0.15, -0.1) is 0 Å². The number of likely N-dealkylation sites (tertiary alicyclic amines) is 1. The van der Waals surface area contributed by atoms with Gasteiger partial charge in [-0.3, -0.25) is 9.59 Å². The SMILES string of the molecule is O=C1NC2(COC3(CCN(C(=O)c4cnn5cccnc45)CC3)C2)Nc2ccccc21. The minimum Gasteiger partial charge on any atom is -0.370 e. The molecule has 0 radical (unpaired) electrons. The fourth-order valence-electron chi connectivity index (χ4n) is 5.04. The Morgan fingerprint density at radius 2 is 1.97 bits per heavy atom. The first kappa shape index (κ1) is 18.3. The Labute approximate surface area is 178 Å². The molecule has 0 saturated carbocycles. The van der Waals surface area contributed by atoms with Gasteiger partial charge < -0.3 is 20.3 Å². The first-order valence-electron chi connectivity index (χ1n) is 10.5. The fourth-order valence-corrected chi connectivity index (χ4v) is 5.04. The molecule has 3 aliphatic heterocycles. The van der Waals surface area contributed by atoms with Gasteiger partial charge >= 0.3 is 0 Å². The first-order chi connectivity index (χ1) is 15.1. The standard InChI is InChI=1S/C22H22N6O3/c29-19-15-4-1-2-5-17(15)25-22(26-19)13-21(31-14-22)6-10-27(11-7-21)20(30)16-12-24-28-9-3-8-23-18(16)28/h1-5,8-9,12,25H,6-7,10-11,13-14H2,(H,26,29). The number of carbonyl (C=O) groups is 2. The van der Waals surface area contributed by atoms with Crippen LogP contribution in [0.3, 0.4) is 0 Å². The van der Waals surface area contributed by atoms with Crippen LogP contribution in [0.1, 0.15) is 40.0 Å². The lowest BCUT2D eigenvalue weighted by Crippen LogP contribution is -2.59. The summed E-state index contributed by atoms with van der Waals surface area (Å²) in [5.74, 6) is -0.141. The predicted molar refractivity (Wildman–Crippen MR) is 112 cm³/mol. The molecule has 3 aliphatic rings. The van der Waals surface area contributed by atoms with Crippen LogP contribution in [-0.4, -0.2) is 62.3 Å². The second kappa shape index (κ2) is 6.52. The summed E-state index contributed by atoms with van der Waals surface area (Å²) in [5, 5.41) is 10.8. The van der Waals surface area contributed by atoms with Crippen molar-refractivity contribution in [3.63, 3.8) is 0 Å². The normalized spacial score (nSPS) is 24.3. The summed E-state index contributed by atoms with van der Waals surface area (Å²) in [6.45, 7) is 1.58. The first-order valence-corrected chi connectivity index (χ1v) is 10.5. The van der Waals surface area contributed by atoms with Gasteiger partial charge in [-0.05, 0) is 31.0 Å². The van der Waals surface area contributed by atoms with Crippen molar-refractivity contribution in [3.8, 4) is 0 Å². The largest absolute Gasteiger partial charge is 0.370 e. The second-order valence-corrected chi connectivity index (χ2v) is 8.59. The van der Waals surface area contributed by atoms with Crippen LogP contribution >= 0.6 is 0 Å². The van der Waals surface area contributed by atoms with Crippen LogP contribution in [0.25, 0.3) is 5.65 Å². The number of fused-ring (bicyclic) bond motifs is 2. The molecule has 2 aromatic heterocycles. The molecule has 9 nitrogen and oxygen atoms in total. The van der Waals surface area contributed by atoms with Gasteiger partial charge in [-0.2, -0.15) is 5.10 Å². The molecular formula is C22H22N6O3. The average Bonchev–Trinajstić information content (AvgIpc) is 3.36. The Hall–Kier alpha value is -3.46. The summed E-state index contributed by atoms with van der Waals surface area (Å²) < 4.78 is 7.89. The van der Waals surface area contributed by atoms with Gasteiger partial charge in [-0.25, -0.2) is 9.50 Å². The van der Waals surface area contributed by atoms with Crippen molar-refractivity contribution >= 4 is 23.1 Å². The smallest absolute Gasteiger partial charge is 0.259 e. The average molecular weight is 418 g/mol. The van der Waals surface area contributed by atoms with Crippen molar-refractivity contribution in [2.45, 2.75) is 30.5 Å². The topological polar surface area (TPSA) is 101 Å². The van der Waals surface area contributed by atoms with Crippen molar-refractivity contribution in [3.05, 3.63) is 60.0 Å². The van der Waals surface area contributed by atoms with Crippen LogP contribution < -0.4 is 10.6 Å². The lowest BCUT2D eigenvalue weighted by molar-refractivity contribution is -0.0393. The number of amides is 2. The third-order valence-corrected chi connectivity index (χ3v) is 6.62. The number of ether oxygens (including phenoxy) is 1. The van der Waals surface area contributed by atoms with E-state index in [0.717, 1.165) is 5.69 Å². The van der Waals surface area contributed by atoms with Crippen molar-refractivity contribution in [1.82, 2.24) is 24.8 Å². The van der Waals surface area contributed by atoms with Gasteiger partial charge in [0.05, 0.1) is 24.0 Å². The third kappa shape index (κ3) is 2.88. The Kier molecular flexibility index (Phi) is 3.85. The predicted octanol–water partition coefficient (Wildman–Crippen LogP) is 1.68. The van der Waals surface area contributed by atoms with Gasteiger partial charge in [0, 0.05) is 37.6 Å². The molecule has 3 aromatic rings. The van der Waals surface area contributed by atoms with Crippen LogP contribution in [0.4, 0.5) is 5.69 Å². The Bertz CT molecular complexity index is 1200. The highest BCUT2D eigenvalue weighted by Gasteiger charge is 2.53. The second-order valence-electron chi connectivity index (χ2n) is 8.59. The summed E-state index contributed by atoms with van der Waals surface area (Å²) >= 11 is 0. The number of carbonyl (C=O) groups excluding carboxylic acids is 2. The number of aromatic nitrogens is 3. The van der Waals surface area contributed by atoms with Gasteiger partial charge in [0.25, 0.3) is 11.8 Å². The summed E-state index contributed by atoms with van der Waals surface area (Å²) in [7, 11) is 0. The molecule has 1 atom stereocenters. The van der Waals surface area contributed by atoms with Gasteiger partial charge in [-0.1, -0.05) is 12.1 Å². The zero-order valence-electron chi connectivity index (χ0n) is 16.9. The van der Waals surface area contributed by atoms with E-state index in [0.29, 0.717) is 55.7 Å². The van der Waals surface area contributed by atoms with Crippen molar-refractivity contribution < 1.29 is 14.3 Å². The minimum atomic E-state index is -0.607. The zero-order valence-corrected chi connectivity index (χ0v) is 16.9. The number of para-hydroxylation sites is 1. The Balaban J connectivity index is 1.17. The zero-order chi connectivity index (χ0) is 21.1. The molecular weight excluding hydrogens is 396 g/mol. The third-order valence-electron chi connectivity index (χ3n) is 6.62. The van der Waals surface area contributed by atoms with Crippen LogP contribution in [-0.2, 0) is 4.74 Å². The van der Waals surface area contributed by atoms with Crippen LogP contribution in [0.2, 0.25) is 0 Å². The maximum Gasteiger partial charge on any atom is 0.259 e. The molecule has 1 unspecified atom stereocenters. The highest BCUT2D eigenvalue weighted by Crippen LogP contribution is 2.43. The lowest BCUT2D eigenvalue weighted by atomic mass is 9.84. The van der Waals surface area contributed by atoms with E-state index in [-0.39, 0.29) is 17.4 Å². The van der Waals surface area contributed by atoms with E-state index in [9.17, 15) is 9.59 Å². The molecule has 31 heavy (non-hydrogen) atoms. The minimum absolute atomic E-state index is 0.0609. The number of benzene rings is 1. The molecule has 2 N–H and O–H groups in total. The highest BCUT2D eigenvalue weighted by atomic mass is 16.5. The number of hydrogen-bond acceptors (Lipinski definition) is 6. The summed E-state index contributed by atoms with van der Waals surface area (Å²) in [6.07, 6.45) is 7.11. The highest BCUT2D eigenvalue weighted by molar-refractivity contribution is 6.02. The van der Waals surface area contributed by atoms with E-state index in [1.165, 1.54) is 0 Å². The maximum atomic E-state index is 13.1. The van der Waals surface area contributed by atoms with Gasteiger partial charge in [0.1, 0.15) is 11.2 Å². The van der Waals surface area contributed by atoms with Crippen molar-refractivity contribution in [1.29, 1.82) is 0 Å². The van der Waals surface area contributed by atoms with Crippen molar-refractivity contribution in [2.75, 3.05) is 25.0 Å². The quantitative estimate of drug-likeness (QED) is 0.624. The number of nitrogens with one attached hydrogen (secondary N) is 2. The van der Waals surface area contributed by atoms with Crippen LogP contribution in [0, 0.1) is 0 Å². The van der Waals surface area contributed by atoms with Gasteiger partial charge in [0.15, 0.2) is 5.65 Å². The van der Waals surface area contributed by atoms with Crippen LogP contribution in [0.5, 0.6) is 0 Å². The molecule has 158 valence electrons. The van der Waals surface area contributed by atoms with E-state index < -0.39 is 5.66 Å². The molecule has 5 heterocycles. The summed E-state index contributed by atoms with van der Waals surface area (Å²) in [5.41, 5.74) is 1.60. The lowest BCUT2D eigenvalue weighted by Gasteiger charge is -2.41. The maximum absolute atomic E-state index is 13.1. The number of anilines is 1. The molecule has 0 bridgehead atoms. The molecule has 2 fully saturated rings. The van der Waals surface area contributed by atoms with E-state index in [1.54, 1.807) is 29.2 Å². The van der Waals surface area contributed by atoms with Crippen molar-refractivity contribution in [2.24, 2.45) is 0 Å². The molecule has 2 saturated heterocycles. The number of hydrogen-bond donors (Lipinski definition) is 2. The van der Waals surface area contributed by atoms with E-state index in [1.807, 2.05) is 29.2 Å². The Morgan fingerprint density at radius 1 is 1.13 bits per heavy atom. The van der Waals surface area contributed by atoms with E-state index >= 15 is 0 Å². The molecule has 1 aromatic carbocycles. The monoisotopic (exact) mass is 418 g/mol. The molecule has 2 amide bonds. The molecule has 0 aliphatic carbocycles. The fraction of sp³-hybridized carbons (Fsp3) is 0.364. The van der Waals surface area contributed by atoms with E-state index in [4.69, 9.17) is 4.74 Å². The van der Waals surface area contributed by atoms with E-state index in [2.05, 4.69) is 20.7 Å². The molecule has 9 heteroatoms. The summed E-state index contributed by atoms with van der Waals surface area (Å²) in [6, 6.07) is 9.30.